The number of unbranched alkanes of at least 4 members (excludes halogenated alkanes) is 1. The third-order valence-corrected chi connectivity index (χ3v) is 3.92. The van der Waals surface area contributed by atoms with Gasteiger partial charge in [-0.05, 0) is 31.9 Å². The lowest BCUT2D eigenvalue weighted by molar-refractivity contribution is 0.572. The minimum absolute atomic E-state index is 0. The molecule has 3 aromatic rings. The molecule has 0 saturated heterocycles. The quantitative estimate of drug-likeness (QED) is 0.205. The van der Waals surface area contributed by atoms with E-state index in [9.17, 15) is 0 Å². The zero-order valence-corrected chi connectivity index (χ0v) is 18.2. The lowest BCUT2D eigenvalue weighted by Crippen LogP contribution is -2.37. The number of aryl methyl sites for hydroxylation is 1. The van der Waals surface area contributed by atoms with Crippen molar-refractivity contribution in [1.82, 2.24) is 30.4 Å². The molecule has 0 fully saturated rings. The summed E-state index contributed by atoms with van der Waals surface area (Å²) >= 11 is 0. The molecule has 0 aliphatic rings. The molecule has 9 heteroatoms. The first kappa shape index (κ1) is 21.9. The number of rotatable bonds is 9. The topological polar surface area (TPSA) is 93.2 Å². The summed E-state index contributed by atoms with van der Waals surface area (Å²) in [6, 6.07) is 9.86. The van der Waals surface area contributed by atoms with Crippen LogP contribution in [0.2, 0.25) is 0 Å². The van der Waals surface area contributed by atoms with Gasteiger partial charge in [0, 0.05) is 25.2 Å². The number of halogens is 1. The highest BCUT2D eigenvalue weighted by Gasteiger charge is 2.06. The lowest BCUT2D eigenvalue weighted by Gasteiger charge is -2.10. The van der Waals surface area contributed by atoms with E-state index in [4.69, 9.17) is 4.42 Å². The highest BCUT2D eigenvalue weighted by atomic mass is 127. The van der Waals surface area contributed by atoms with Gasteiger partial charge >= 0.3 is 0 Å². The molecule has 0 bridgehead atoms. The predicted octanol–water partition coefficient (Wildman–Crippen LogP) is 3.09. The van der Waals surface area contributed by atoms with Crippen LogP contribution in [0.25, 0.3) is 11.5 Å². The van der Waals surface area contributed by atoms with Crippen LogP contribution < -0.4 is 10.6 Å². The number of nitrogens with zero attached hydrogens (tertiary/aromatic N) is 5. The molecular weight excluding hydrogens is 469 g/mol. The molecule has 8 nitrogen and oxygen atoms in total. The molecule has 150 valence electrons. The normalized spacial score (nSPS) is 11.1. The van der Waals surface area contributed by atoms with E-state index in [0.717, 1.165) is 49.7 Å². The Labute approximate surface area is 181 Å². The Kier molecular flexibility index (Phi) is 9.46. The number of hydrogen-bond acceptors (Lipinski definition) is 5. The van der Waals surface area contributed by atoms with E-state index in [1.165, 1.54) is 0 Å². The highest BCUT2D eigenvalue weighted by Crippen LogP contribution is 2.18. The number of hydrogen-bond donors (Lipinski definition) is 2. The molecule has 2 heterocycles. The second-order valence-electron chi connectivity index (χ2n) is 6.04. The van der Waals surface area contributed by atoms with Gasteiger partial charge in [0.25, 0.3) is 0 Å². The SMILES string of the molecule is CCNC(=NCc1coc(-c2ccccc2)n1)NCCCCn1cnnc1.I. The van der Waals surface area contributed by atoms with Gasteiger partial charge in [-0.3, -0.25) is 0 Å². The third-order valence-electron chi connectivity index (χ3n) is 3.92. The van der Waals surface area contributed by atoms with E-state index < -0.39 is 0 Å². The standard InChI is InChI=1S/C19H25N7O.HI/c1-2-20-19(21-10-6-7-11-26-14-23-24-15-26)22-12-17-13-27-18(25-17)16-8-4-3-5-9-16;/h3-5,8-9,13-15H,2,6-7,10-12H2,1H3,(H2,20,21,22);1H. The van der Waals surface area contributed by atoms with Gasteiger partial charge in [-0.25, -0.2) is 9.98 Å². The summed E-state index contributed by atoms with van der Waals surface area (Å²) in [5.74, 6) is 1.40. The van der Waals surface area contributed by atoms with Gasteiger partial charge in [0.05, 0.1) is 6.54 Å². The molecule has 0 aliphatic carbocycles. The van der Waals surface area contributed by atoms with E-state index in [0.29, 0.717) is 12.4 Å². The summed E-state index contributed by atoms with van der Waals surface area (Å²) in [5.41, 5.74) is 1.77. The second-order valence-corrected chi connectivity index (χ2v) is 6.04. The average Bonchev–Trinajstić information content (AvgIpc) is 3.38. The number of guanidine groups is 1. The Bertz CT molecular complexity index is 818. The van der Waals surface area contributed by atoms with Gasteiger partial charge in [-0.1, -0.05) is 18.2 Å². The van der Waals surface area contributed by atoms with Crippen molar-refractivity contribution < 1.29 is 4.42 Å². The molecule has 0 atom stereocenters. The van der Waals surface area contributed by atoms with Crippen LogP contribution in [0.4, 0.5) is 0 Å². The summed E-state index contributed by atoms with van der Waals surface area (Å²) < 4.78 is 7.54. The summed E-state index contributed by atoms with van der Waals surface area (Å²) in [5, 5.41) is 14.2. The van der Waals surface area contributed by atoms with Gasteiger partial charge in [-0.15, -0.1) is 34.2 Å². The summed E-state index contributed by atoms with van der Waals surface area (Å²) in [6.45, 7) is 5.09. The Morgan fingerprint density at radius 3 is 2.64 bits per heavy atom. The van der Waals surface area contributed by atoms with Crippen molar-refractivity contribution in [1.29, 1.82) is 0 Å². The molecule has 28 heavy (non-hydrogen) atoms. The molecule has 1 aromatic carbocycles. The van der Waals surface area contributed by atoms with Gasteiger partial charge in [-0.2, -0.15) is 0 Å². The zero-order chi connectivity index (χ0) is 18.7. The van der Waals surface area contributed by atoms with Crippen LogP contribution in [0.1, 0.15) is 25.5 Å². The molecule has 0 saturated carbocycles. The molecule has 0 aliphatic heterocycles. The Hall–Kier alpha value is -2.43. The van der Waals surface area contributed by atoms with Crippen molar-refractivity contribution in [3.8, 4) is 11.5 Å². The van der Waals surface area contributed by atoms with E-state index >= 15 is 0 Å². The van der Waals surface area contributed by atoms with Crippen molar-refractivity contribution in [3.63, 3.8) is 0 Å². The van der Waals surface area contributed by atoms with Crippen molar-refractivity contribution in [2.45, 2.75) is 32.9 Å². The number of aromatic nitrogens is 4. The minimum atomic E-state index is 0. The van der Waals surface area contributed by atoms with Gasteiger partial charge in [0.2, 0.25) is 5.89 Å². The molecule has 3 rings (SSSR count). The first-order valence-electron chi connectivity index (χ1n) is 9.19. The molecule has 0 spiro atoms. The molecular formula is C19H26IN7O. The van der Waals surface area contributed by atoms with Crippen LogP contribution in [-0.2, 0) is 13.1 Å². The second kappa shape index (κ2) is 12.1. The largest absolute Gasteiger partial charge is 0.444 e. The summed E-state index contributed by atoms with van der Waals surface area (Å²) in [4.78, 5) is 9.09. The first-order valence-corrected chi connectivity index (χ1v) is 9.19. The fraction of sp³-hybridized carbons (Fsp3) is 0.368. The molecule has 2 aromatic heterocycles. The van der Waals surface area contributed by atoms with E-state index in [1.807, 2.05) is 41.8 Å². The average molecular weight is 495 g/mol. The van der Waals surface area contributed by atoms with Crippen LogP contribution in [0.5, 0.6) is 0 Å². The van der Waals surface area contributed by atoms with Crippen LogP contribution >= 0.6 is 24.0 Å². The third kappa shape index (κ3) is 6.95. The number of benzene rings is 1. The fourth-order valence-corrected chi connectivity index (χ4v) is 2.56. The monoisotopic (exact) mass is 495 g/mol. The lowest BCUT2D eigenvalue weighted by atomic mass is 10.2. The smallest absolute Gasteiger partial charge is 0.226 e. The maximum atomic E-state index is 5.56. The van der Waals surface area contributed by atoms with E-state index in [-0.39, 0.29) is 24.0 Å². The van der Waals surface area contributed by atoms with E-state index in [2.05, 4.69) is 30.8 Å². The van der Waals surface area contributed by atoms with Gasteiger partial charge in [0.1, 0.15) is 24.6 Å². The Morgan fingerprint density at radius 2 is 1.89 bits per heavy atom. The van der Waals surface area contributed by atoms with E-state index in [1.54, 1.807) is 18.9 Å². The van der Waals surface area contributed by atoms with Gasteiger partial charge < -0.3 is 19.6 Å². The molecule has 0 unspecified atom stereocenters. The number of oxazole rings is 1. The van der Waals surface area contributed by atoms with Crippen LogP contribution in [0.3, 0.4) is 0 Å². The number of aliphatic imine (C=N–C) groups is 1. The number of nitrogens with one attached hydrogen (secondary N) is 2. The molecule has 0 radical (unpaired) electrons. The Balaban J connectivity index is 0.00000280. The van der Waals surface area contributed by atoms with Crippen molar-refractivity contribution in [2.75, 3.05) is 13.1 Å². The van der Waals surface area contributed by atoms with Crippen molar-refractivity contribution >= 4 is 29.9 Å². The van der Waals surface area contributed by atoms with Crippen molar-refractivity contribution in [2.24, 2.45) is 4.99 Å². The molecule has 2 N–H and O–H groups in total. The van der Waals surface area contributed by atoms with Crippen molar-refractivity contribution in [3.05, 3.63) is 54.9 Å². The summed E-state index contributed by atoms with van der Waals surface area (Å²) in [7, 11) is 0. The molecule has 0 amide bonds. The maximum Gasteiger partial charge on any atom is 0.226 e. The predicted molar refractivity (Wildman–Crippen MR) is 119 cm³/mol. The highest BCUT2D eigenvalue weighted by molar-refractivity contribution is 14.0. The summed E-state index contributed by atoms with van der Waals surface area (Å²) in [6.07, 6.45) is 7.22. The van der Waals surface area contributed by atoms with Crippen LogP contribution in [0.15, 0.2) is 58.7 Å². The van der Waals surface area contributed by atoms with Gasteiger partial charge in [0.15, 0.2) is 5.96 Å². The van der Waals surface area contributed by atoms with Crippen LogP contribution in [0, 0.1) is 0 Å². The first-order chi connectivity index (χ1) is 13.3. The van der Waals surface area contributed by atoms with Crippen LogP contribution in [-0.4, -0.2) is 38.8 Å². The fourth-order valence-electron chi connectivity index (χ4n) is 2.56. The minimum Gasteiger partial charge on any atom is -0.444 e. The zero-order valence-electron chi connectivity index (χ0n) is 15.9. The Morgan fingerprint density at radius 1 is 1.11 bits per heavy atom. The maximum absolute atomic E-state index is 5.56.